The van der Waals surface area contributed by atoms with Gasteiger partial charge in [-0.05, 0) is 30.7 Å². The Labute approximate surface area is 127 Å². The van der Waals surface area contributed by atoms with Crippen molar-refractivity contribution < 1.29 is 0 Å². The first kappa shape index (κ1) is 13.5. The molecule has 0 radical (unpaired) electrons. The van der Waals surface area contributed by atoms with Crippen LogP contribution in [0, 0.1) is 18.3 Å². The molecule has 0 aliphatic rings. The molecule has 2 N–H and O–H groups in total. The Morgan fingerprint density at radius 3 is 2.57 bits per heavy atom. The van der Waals surface area contributed by atoms with Gasteiger partial charge in [0.25, 0.3) is 0 Å². The van der Waals surface area contributed by atoms with Crippen LogP contribution in [0.25, 0.3) is 10.9 Å². The smallest absolute Gasteiger partial charge is 0.120 e. The third kappa shape index (κ3) is 2.44. The van der Waals surface area contributed by atoms with E-state index in [1.165, 1.54) is 11.8 Å². The highest BCUT2D eigenvalue weighted by molar-refractivity contribution is 7.99. The van der Waals surface area contributed by atoms with E-state index in [1.807, 2.05) is 55.5 Å². The maximum atomic E-state index is 9.47. The number of rotatable bonds is 2. The van der Waals surface area contributed by atoms with Gasteiger partial charge in [-0.3, -0.25) is 0 Å². The van der Waals surface area contributed by atoms with Crippen LogP contribution < -0.4 is 5.73 Å². The topological polar surface area (TPSA) is 62.7 Å². The Morgan fingerprint density at radius 2 is 1.81 bits per heavy atom. The number of hydrogen-bond acceptors (Lipinski definition) is 4. The van der Waals surface area contributed by atoms with E-state index in [0.29, 0.717) is 16.3 Å². The summed E-state index contributed by atoms with van der Waals surface area (Å²) in [7, 11) is 0. The molecule has 4 heteroatoms. The zero-order valence-electron chi connectivity index (χ0n) is 11.5. The minimum absolute atomic E-state index is 0.613. The van der Waals surface area contributed by atoms with E-state index >= 15 is 0 Å². The summed E-state index contributed by atoms with van der Waals surface area (Å²) in [6.45, 7) is 1.96. The largest absolute Gasteiger partial charge is 0.398 e. The van der Waals surface area contributed by atoms with Gasteiger partial charge in [-0.2, -0.15) is 5.26 Å². The second kappa shape index (κ2) is 5.47. The number of nitriles is 1. The van der Waals surface area contributed by atoms with Crippen molar-refractivity contribution in [1.29, 1.82) is 5.26 Å². The molecule has 1 heterocycles. The molecule has 102 valence electrons. The number of anilines is 1. The summed E-state index contributed by atoms with van der Waals surface area (Å²) in [6, 6.07) is 17.7. The van der Waals surface area contributed by atoms with Crippen LogP contribution in [0.5, 0.6) is 0 Å². The molecule has 3 aromatic rings. The fourth-order valence-electron chi connectivity index (χ4n) is 2.23. The van der Waals surface area contributed by atoms with Crippen LogP contribution in [0.2, 0.25) is 0 Å². The normalized spacial score (nSPS) is 10.5. The lowest BCUT2D eigenvalue weighted by Gasteiger charge is -2.10. The van der Waals surface area contributed by atoms with Crippen molar-refractivity contribution in [1.82, 2.24) is 4.98 Å². The molecule has 0 unspecified atom stereocenters. The molecule has 2 aromatic carbocycles. The highest BCUT2D eigenvalue weighted by Gasteiger charge is 2.13. The summed E-state index contributed by atoms with van der Waals surface area (Å²) in [6.07, 6.45) is 0. The molecule has 0 spiro atoms. The Morgan fingerprint density at radius 1 is 1.10 bits per heavy atom. The zero-order valence-corrected chi connectivity index (χ0v) is 12.3. The van der Waals surface area contributed by atoms with Gasteiger partial charge in [-0.25, -0.2) is 4.98 Å². The number of nitrogens with zero attached hydrogens (tertiary/aromatic N) is 2. The van der Waals surface area contributed by atoms with Crippen molar-refractivity contribution in [2.24, 2.45) is 0 Å². The molecular weight excluding hydrogens is 278 g/mol. The zero-order chi connectivity index (χ0) is 14.8. The summed E-state index contributed by atoms with van der Waals surface area (Å²) in [5.74, 6) is 0. The number of aromatic nitrogens is 1. The quantitative estimate of drug-likeness (QED) is 0.720. The number of nitrogen functional groups attached to an aromatic ring is 1. The maximum absolute atomic E-state index is 9.47. The summed E-state index contributed by atoms with van der Waals surface area (Å²) in [4.78, 5) is 5.54. The van der Waals surface area contributed by atoms with Gasteiger partial charge in [0.15, 0.2) is 0 Å². The summed E-state index contributed by atoms with van der Waals surface area (Å²) >= 11 is 1.44. The minimum atomic E-state index is 0.613. The van der Waals surface area contributed by atoms with E-state index in [9.17, 15) is 5.26 Å². The molecule has 0 atom stereocenters. The lowest BCUT2D eigenvalue weighted by Crippen LogP contribution is -1.95. The Hall–Kier alpha value is -2.51. The van der Waals surface area contributed by atoms with Gasteiger partial charge < -0.3 is 5.73 Å². The molecule has 0 saturated heterocycles. The number of benzene rings is 2. The molecule has 0 aliphatic carbocycles. The predicted molar refractivity (Wildman–Crippen MR) is 86.2 cm³/mol. The number of nitrogens with two attached hydrogens (primary N) is 1. The average molecular weight is 291 g/mol. The third-order valence-corrected chi connectivity index (χ3v) is 4.44. The van der Waals surface area contributed by atoms with Gasteiger partial charge in [0.1, 0.15) is 11.1 Å². The van der Waals surface area contributed by atoms with Crippen molar-refractivity contribution in [2.45, 2.75) is 16.8 Å². The van der Waals surface area contributed by atoms with Gasteiger partial charge in [-0.1, -0.05) is 42.1 Å². The van der Waals surface area contributed by atoms with Crippen molar-refractivity contribution in [2.75, 3.05) is 5.73 Å². The Bertz CT molecular complexity index is 866. The number of para-hydroxylation sites is 2. The van der Waals surface area contributed by atoms with Crippen LogP contribution in [0.4, 0.5) is 5.69 Å². The fraction of sp³-hybridized carbons (Fsp3) is 0.0588. The van der Waals surface area contributed by atoms with Crippen LogP contribution in [-0.4, -0.2) is 4.98 Å². The molecule has 3 rings (SSSR count). The number of aryl methyl sites for hydroxylation is 1. The maximum Gasteiger partial charge on any atom is 0.120 e. The number of pyridine rings is 1. The van der Waals surface area contributed by atoms with E-state index in [2.05, 4.69) is 11.1 Å². The van der Waals surface area contributed by atoms with Crippen LogP contribution >= 0.6 is 11.8 Å². The molecule has 0 saturated carbocycles. The highest BCUT2D eigenvalue weighted by atomic mass is 32.2. The second-order valence-electron chi connectivity index (χ2n) is 4.69. The van der Waals surface area contributed by atoms with E-state index < -0.39 is 0 Å². The van der Waals surface area contributed by atoms with Gasteiger partial charge in [-0.15, -0.1) is 0 Å². The van der Waals surface area contributed by atoms with Crippen LogP contribution in [0.1, 0.15) is 11.1 Å². The number of fused-ring (bicyclic) bond motifs is 1. The van der Waals surface area contributed by atoms with Gasteiger partial charge in [0.2, 0.25) is 0 Å². The van der Waals surface area contributed by atoms with E-state index in [1.54, 1.807) is 0 Å². The van der Waals surface area contributed by atoms with E-state index in [-0.39, 0.29) is 0 Å². The molecular formula is C17H13N3S. The third-order valence-electron chi connectivity index (χ3n) is 3.36. The lowest BCUT2D eigenvalue weighted by molar-refractivity contribution is 1.14. The van der Waals surface area contributed by atoms with Crippen LogP contribution in [-0.2, 0) is 0 Å². The molecule has 0 fully saturated rings. The Kier molecular flexibility index (Phi) is 3.51. The summed E-state index contributed by atoms with van der Waals surface area (Å²) in [5, 5.41) is 11.2. The standard InChI is InChI=1S/C17H13N3S/c1-11-12-6-2-4-8-15(12)20-17(13(11)10-18)21-16-9-5-3-7-14(16)19/h2-9H,19H2,1H3. The van der Waals surface area contributed by atoms with Gasteiger partial charge in [0.05, 0.1) is 11.1 Å². The van der Waals surface area contributed by atoms with E-state index in [0.717, 1.165) is 21.4 Å². The molecule has 0 amide bonds. The van der Waals surface area contributed by atoms with Crippen LogP contribution in [0.3, 0.4) is 0 Å². The summed E-state index contributed by atoms with van der Waals surface area (Å²) < 4.78 is 0. The highest BCUT2D eigenvalue weighted by Crippen LogP contribution is 2.35. The molecule has 21 heavy (non-hydrogen) atoms. The second-order valence-corrected chi connectivity index (χ2v) is 5.72. The van der Waals surface area contributed by atoms with Crippen molar-refractivity contribution in [3.63, 3.8) is 0 Å². The molecule has 3 nitrogen and oxygen atoms in total. The van der Waals surface area contributed by atoms with E-state index in [4.69, 9.17) is 5.73 Å². The SMILES string of the molecule is Cc1c(C#N)c(Sc2ccccc2N)nc2ccccc12. The molecule has 1 aromatic heterocycles. The fourth-order valence-corrected chi connectivity index (χ4v) is 3.22. The van der Waals surface area contributed by atoms with Crippen molar-refractivity contribution in [3.05, 3.63) is 59.7 Å². The monoisotopic (exact) mass is 291 g/mol. The minimum Gasteiger partial charge on any atom is -0.398 e. The first-order valence-corrected chi connectivity index (χ1v) is 7.34. The Balaban J connectivity index is 2.19. The lowest BCUT2D eigenvalue weighted by atomic mass is 10.1. The average Bonchev–Trinajstić information content (AvgIpc) is 2.50. The summed E-state index contributed by atoms with van der Waals surface area (Å²) in [5.41, 5.74) is 9.14. The van der Waals surface area contributed by atoms with Crippen molar-refractivity contribution >= 4 is 28.4 Å². The molecule has 0 bridgehead atoms. The van der Waals surface area contributed by atoms with Crippen molar-refractivity contribution in [3.8, 4) is 6.07 Å². The predicted octanol–water partition coefficient (Wildman–Crippen LogP) is 4.15. The van der Waals surface area contributed by atoms with Crippen LogP contribution in [0.15, 0.2) is 58.5 Å². The number of hydrogen-bond donors (Lipinski definition) is 1. The van der Waals surface area contributed by atoms with Gasteiger partial charge >= 0.3 is 0 Å². The first-order valence-electron chi connectivity index (χ1n) is 6.52. The van der Waals surface area contributed by atoms with Gasteiger partial charge in [0, 0.05) is 16.0 Å². The molecule has 0 aliphatic heterocycles. The first-order chi connectivity index (χ1) is 10.2.